The highest BCUT2D eigenvalue weighted by Crippen LogP contribution is 2.35. The summed E-state index contributed by atoms with van der Waals surface area (Å²) in [5.74, 6) is 0.00254. The lowest BCUT2D eigenvalue weighted by Crippen LogP contribution is -2.49. The van der Waals surface area contributed by atoms with Crippen LogP contribution < -0.4 is 4.90 Å². The lowest BCUT2D eigenvalue weighted by atomic mass is 10.2. The molecule has 0 aliphatic carbocycles. The van der Waals surface area contributed by atoms with Crippen LogP contribution in [0.4, 0.5) is 19.1 Å². The van der Waals surface area contributed by atoms with Crippen molar-refractivity contribution in [1.29, 1.82) is 0 Å². The first kappa shape index (κ1) is 16.6. The Hall–Kier alpha value is -2.30. The van der Waals surface area contributed by atoms with Gasteiger partial charge in [-0.05, 0) is 0 Å². The minimum atomic E-state index is -4.71. The number of anilines is 1. The second-order valence-electron chi connectivity index (χ2n) is 5.22. The number of nitrogens with one attached hydrogen (secondary N) is 1. The summed E-state index contributed by atoms with van der Waals surface area (Å²) >= 11 is 5.75. The minimum absolute atomic E-state index is 0.267. The summed E-state index contributed by atoms with van der Waals surface area (Å²) < 4.78 is 39.4. The summed E-state index contributed by atoms with van der Waals surface area (Å²) in [7, 11) is 1.26. The zero-order chi connectivity index (χ0) is 17.5. The Kier molecular flexibility index (Phi) is 4.11. The summed E-state index contributed by atoms with van der Waals surface area (Å²) in [5, 5.41) is 9.13. The van der Waals surface area contributed by atoms with Crippen LogP contribution in [0.25, 0.3) is 0 Å². The van der Waals surface area contributed by atoms with Gasteiger partial charge in [0.1, 0.15) is 17.0 Å². The van der Waals surface area contributed by atoms with E-state index >= 15 is 0 Å². The van der Waals surface area contributed by atoms with Crippen LogP contribution in [0, 0.1) is 0 Å². The minimum Gasteiger partial charge on any atom is -0.338 e. The van der Waals surface area contributed by atoms with Crippen molar-refractivity contribution in [3.8, 4) is 0 Å². The van der Waals surface area contributed by atoms with Gasteiger partial charge in [-0.3, -0.25) is 9.48 Å². The van der Waals surface area contributed by atoms with Crippen molar-refractivity contribution in [3.05, 3.63) is 22.7 Å². The predicted molar refractivity (Wildman–Crippen MR) is 77.7 cm³/mol. The molecule has 12 heteroatoms. The van der Waals surface area contributed by atoms with Crippen LogP contribution in [0.2, 0.25) is 5.02 Å². The van der Waals surface area contributed by atoms with Crippen molar-refractivity contribution in [2.24, 2.45) is 7.05 Å². The molecule has 1 N–H and O–H groups in total. The van der Waals surface area contributed by atoms with Gasteiger partial charge < -0.3 is 9.80 Å². The quantitative estimate of drug-likeness (QED) is 0.866. The Balaban J connectivity index is 1.75. The van der Waals surface area contributed by atoms with Crippen LogP contribution >= 0.6 is 11.6 Å². The SMILES string of the molecule is Cn1nc(C(F)(F)F)c(Cl)c1C(=O)N1CCN(c2ncn[nH]2)CC1. The monoisotopic (exact) mass is 363 g/mol. The van der Waals surface area contributed by atoms with E-state index in [1.807, 2.05) is 4.90 Å². The molecule has 1 amide bonds. The zero-order valence-electron chi connectivity index (χ0n) is 12.5. The number of hydrogen-bond donors (Lipinski definition) is 1. The first-order chi connectivity index (χ1) is 11.3. The average molecular weight is 364 g/mol. The van der Waals surface area contributed by atoms with Gasteiger partial charge >= 0.3 is 6.18 Å². The molecule has 130 valence electrons. The Morgan fingerprint density at radius 1 is 1.29 bits per heavy atom. The molecule has 0 spiro atoms. The van der Waals surface area contributed by atoms with E-state index in [1.54, 1.807) is 0 Å². The number of nitrogens with zero attached hydrogens (tertiary/aromatic N) is 6. The Morgan fingerprint density at radius 2 is 1.96 bits per heavy atom. The molecular formula is C12H13ClF3N7O. The van der Waals surface area contributed by atoms with Gasteiger partial charge in [-0.15, -0.1) is 0 Å². The average Bonchev–Trinajstić information content (AvgIpc) is 3.15. The molecule has 0 unspecified atom stereocenters. The van der Waals surface area contributed by atoms with Crippen molar-refractivity contribution in [1.82, 2.24) is 29.9 Å². The van der Waals surface area contributed by atoms with Crippen LogP contribution in [0.3, 0.4) is 0 Å². The summed E-state index contributed by atoms with van der Waals surface area (Å²) in [6, 6.07) is 0. The zero-order valence-corrected chi connectivity index (χ0v) is 13.3. The number of halogens is 4. The van der Waals surface area contributed by atoms with Crippen molar-refractivity contribution in [2.45, 2.75) is 6.18 Å². The molecule has 24 heavy (non-hydrogen) atoms. The molecule has 1 aliphatic rings. The highest BCUT2D eigenvalue weighted by molar-refractivity contribution is 6.34. The molecular weight excluding hydrogens is 351 g/mol. The lowest BCUT2D eigenvalue weighted by molar-refractivity contribution is -0.141. The van der Waals surface area contributed by atoms with E-state index in [9.17, 15) is 18.0 Å². The number of amides is 1. The van der Waals surface area contributed by atoms with E-state index < -0.39 is 22.8 Å². The van der Waals surface area contributed by atoms with E-state index in [2.05, 4.69) is 20.3 Å². The second-order valence-corrected chi connectivity index (χ2v) is 5.60. The topological polar surface area (TPSA) is 82.9 Å². The molecule has 1 aliphatic heterocycles. The Labute approximate surface area is 139 Å². The molecule has 1 fully saturated rings. The van der Waals surface area contributed by atoms with Crippen molar-refractivity contribution in [3.63, 3.8) is 0 Å². The van der Waals surface area contributed by atoms with E-state index in [0.29, 0.717) is 32.1 Å². The van der Waals surface area contributed by atoms with Gasteiger partial charge in [0.25, 0.3) is 5.91 Å². The molecule has 2 aromatic rings. The fraction of sp³-hybridized carbons (Fsp3) is 0.500. The van der Waals surface area contributed by atoms with Crippen LogP contribution in [0.1, 0.15) is 16.2 Å². The summed E-state index contributed by atoms with van der Waals surface area (Å²) in [5.41, 5.74) is -1.52. The van der Waals surface area contributed by atoms with Gasteiger partial charge in [-0.2, -0.15) is 28.4 Å². The number of H-pyrrole nitrogens is 1. The molecule has 8 nitrogen and oxygen atoms in total. The number of carbonyl (C=O) groups excluding carboxylic acids is 1. The third-order valence-electron chi connectivity index (χ3n) is 3.73. The Bertz CT molecular complexity index is 735. The van der Waals surface area contributed by atoms with Crippen molar-refractivity contribution < 1.29 is 18.0 Å². The van der Waals surface area contributed by atoms with Crippen LogP contribution in [0.15, 0.2) is 6.33 Å². The summed E-state index contributed by atoms with van der Waals surface area (Å²) in [6.45, 7) is 1.59. The largest absolute Gasteiger partial charge is 0.436 e. The number of rotatable bonds is 2. The number of aromatic nitrogens is 5. The lowest BCUT2D eigenvalue weighted by Gasteiger charge is -2.34. The number of carbonyl (C=O) groups is 1. The van der Waals surface area contributed by atoms with E-state index in [4.69, 9.17) is 11.6 Å². The fourth-order valence-electron chi connectivity index (χ4n) is 2.53. The third-order valence-corrected chi connectivity index (χ3v) is 4.09. The molecule has 3 heterocycles. The Morgan fingerprint density at radius 3 is 2.46 bits per heavy atom. The smallest absolute Gasteiger partial charge is 0.338 e. The van der Waals surface area contributed by atoms with E-state index in [0.717, 1.165) is 4.68 Å². The number of hydrogen-bond acceptors (Lipinski definition) is 5. The van der Waals surface area contributed by atoms with Crippen LogP contribution in [0.5, 0.6) is 0 Å². The van der Waals surface area contributed by atoms with E-state index in [-0.39, 0.29) is 5.69 Å². The van der Waals surface area contributed by atoms with Gasteiger partial charge in [0.2, 0.25) is 5.95 Å². The molecule has 0 aromatic carbocycles. The fourth-order valence-corrected chi connectivity index (χ4v) is 2.88. The first-order valence-electron chi connectivity index (χ1n) is 6.98. The summed E-state index contributed by atoms with van der Waals surface area (Å²) in [6.07, 6.45) is -3.33. The molecule has 0 bridgehead atoms. The van der Waals surface area contributed by atoms with Crippen LogP contribution in [-0.4, -0.2) is 61.9 Å². The van der Waals surface area contributed by atoms with Gasteiger partial charge in [-0.25, -0.2) is 5.10 Å². The molecule has 0 atom stereocenters. The molecule has 0 radical (unpaired) electrons. The predicted octanol–water partition coefficient (Wildman–Crippen LogP) is 1.17. The first-order valence-corrected chi connectivity index (χ1v) is 7.36. The normalized spacial score (nSPS) is 15.9. The molecule has 1 saturated heterocycles. The van der Waals surface area contributed by atoms with E-state index in [1.165, 1.54) is 18.3 Å². The number of alkyl halides is 3. The highest BCUT2D eigenvalue weighted by Gasteiger charge is 2.40. The van der Waals surface area contributed by atoms with Crippen LogP contribution in [-0.2, 0) is 13.2 Å². The molecule has 2 aromatic heterocycles. The van der Waals surface area contributed by atoms with Gasteiger partial charge in [0.05, 0.1) is 0 Å². The number of aryl methyl sites for hydroxylation is 1. The number of aromatic amines is 1. The maximum absolute atomic E-state index is 12.8. The second kappa shape index (κ2) is 5.96. The number of piperazine rings is 1. The van der Waals surface area contributed by atoms with Crippen molar-refractivity contribution in [2.75, 3.05) is 31.1 Å². The van der Waals surface area contributed by atoms with Gasteiger partial charge in [0.15, 0.2) is 5.69 Å². The maximum atomic E-state index is 12.8. The maximum Gasteiger partial charge on any atom is 0.436 e. The van der Waals surface area contributed by atoms with Gasteiger partial charge in [-0.1, -0.05) is 11.6 Å². The molecule has 3 rings (SSSR count). The van der Waals surface area contributed by atoms with Gasteiger partial charge in [0, 0.05) is 33.2 Å². The van der Waals surface area contributed by atoms with Crippen molar-refractivity contribution >= 4 is 23.5 Å². The summed E-state index contributed by atoms with van der Waals surface area (Å²) in [4.78, 5) is 19.9. The third kappa shape index (κ3) is 2.90. The highest BCUT2D eigenvalue weighted by atomic mass is 35.5. The molecule has 0 saturated carbocycles. The standard InChI is InChI=1S/C12H13ClF3N7O/c1-21-8(7(13)9(20-21)12(14,15)16)10(24)22-2-4-23(5-3-22)11-17-6-18-19-11/h6H,2-5H2,1H3,(H,17,18,19).